The molecule has 2 amide bonds. The molecule has 15 heteroatoms. The maximum atomic E-state index is 12.8. The van der Waals surface area contributed by atoms with E-state index in [1.165, 1.54) is 10.8 Å². The predicted octanol–water partition coefficient (Wildman–Crippen LogP) is 2.13. The Balaban J connectivity index is 0.00000544. The van der Waals surface area contributed by atoms with E-state index in [0.717, 1.165) is 29.7 Å². The third kappa shape index (κ3) is 9.16. The van der Waals surface area contributed by atoms with E-state index in [-0.39, 0.29) is 61.4 Å². The van der Waals surface area contributed by atoms with Crippen molar-refractivity contribution in [3.05, 3.63) is 44.2 Å². The Bertz CT molecular complexity index is 1120. The normalized spacial score (nSPS) is 12.0. The van der Waals surface area contributed by atoms with Crippen LogP contribution in [-0.4, -0.2) is 35.8 Å². The minimum Gasteiger partial charge on any atom is -0.449 e. The van der Waals surface area contributed by atoms with Gasteiger partial charge in [0.25, 0.3) is 0 Å². The summed E-state index contributed by atoms with van der Waals surface area (Å²) in [6.07, 6.45) is -1.20. The van der Waals surface area contributed by atoms with Crippen molar-refractivity contribution in [1.82, 2.24) is 20.1 Å². The summed E-state index contributed by atoms with van der Waals surface area (Å²) in [7, 11) is -2.65. The molecule has 0 saturated heterocycles. The molecule has 0 aliphatic rings. The van der Waals surface area contributed by atoms with Crippen molar-refractivity contribution in [2.45, 2.75) is 42.9 Å². The Labute approximate surface area is 241 Å². The van der Waals surface area contributed by atoms with Crippen LogP contribution in [0.25, 0.3) is 10.8 Å². The Morgan fingerprint density at radius 3 is 2.64 bits per heavy atom. The van der Waals surface area contributed by atoms with Crippen molar-refractivity contribution in [2.75, 3.05) is 6.54 Å². The van der Waals surface area contributed by atoms with Gasteiger partial charge in [0.2, 0.25) is 0 Å². The molecule has 8 nitrogen and oxygen atoms in total. The molecule has 2 rings (SSSR count). The molecule has 2 aromatic heterocycles. The predicted molar refractivity (Wildman–Crippen MR) is 116 cm³/mol. The van der Waals surface area contributed by atoms with Crippen molar-refractivity contribution in [1.29, 1.82) is 0 Å². The average Bonchev–Trinajstić information content (AvgIpc) is 2.93. The molecule has 0 unspecified atom stereocenters. The summed E-state index contributed by atoms with van der Waals surface area (Å²) in [6, 6.07) is -0.211. The molecule has 0 saturated carbocycles. The number of nitrogens with zero attached hydrogens (tertiary/aromatic N) is 4. The van der Waals surface area contributed by atoms with Gasteiger partial charge in [-0.3, -0.25) is 9.48 Å². The molecule has 0 bridgehead atoms. The van der Waals surface area contributed by atoms with Crippen LogP contribution in [0.3, 0.4) is 0 Å². The number of urea groups is 1. The van der Waals surface area contributed by atoms with Crippen molar-refractivity contribution >= 4 is 45.5 Å². The number of halogens is 4. The standard InChI is InChI=1S/C18H21ClF3N5O3S2.K/c1-4-5-7-23-17(28)26-32(29,30)8-6-13-11(2)25-27(3)16(13)31-15-14(19)9-12(10-24-15)18(20,21)22;/h6,8-10H,4-5,7H2,1-3H3,(H2,23,26,28);/q;+1/p-1/b8-6+;. The summed E-state index contributed by atoms with van der Waals surface area (Å²) >= 11 is 6.89. The molecular weight excluding hydrogens is 530 g/mol. The number of carbonyl (C=O) groups is 1. The van der Waals surface area contributed by atoms with Gasteiger partial charge in [-0.25, -0.2) is 13.4 Å². The molecule has 0 aliphatic heterocycles. The quantitative estimate of drug-likeness (QED) is 0.399. The molecule has 2 heterocycles. The van der Waals surface area contributed by atoms with Crippen molar-refractivity contribution < 1.29 is 77.8 Å². The smallest absolute Gasteiger partial charge is 0.449 e. The van der Waals surface area contributed by atoms with Gasteiger partial charge in [-0.05, 0) is 30.8 Å². The number of alkyl halides is 3. The second-order valence-corrected chi connectivity index (χ2v) is 9.40. The number of sulfonamides is 1. The Morgan fingerprint density at radius 2 is 2.06 bits per heavy atom. The number of aromatic nitrogens is 3. The summed E-state index contributed by atoms with van der Waals surface area (Å²) in [5, 5.41) is 7.57. The number of unbranched alkanes of at least 4 members (excludes halogenated alkanes) is 1. The summed E-state index contributed by atoms with van der Waals surface area (Å²) < 4.78 is 67.3. The third-order valence-electron chi connectivity index (χ3n) is 3.97. The topological polar surface area (TPSA) is 108 Å². The maximum Gasteiger partial charge on any atom is 1.00 e. The molecule has 0 fully saturated rings. The van der Waals surface area contributed by atoms with Gasteiger partial charge in [-0.1, -0.05) is 37.9 Å². The van der Waals surface area contributed by atoms with E-state index in [0.29, 0.717) is 35.4 Å². The van der Waals surface area contributed by atoms with E-state index < -0.39 is 27.8 Å². The van der Waals surface area contributed by atoms with E-state index in [4.69, 9.17) is 11.6 Å². The fourth-order valence-corrected chi connectivity index (χ4v) is 4.31. The van der Waals surface area contributed by atoms with Gasteiger partial charge in [0, 0.05) is 24.2 Å². The SMILES string of the molecule is CCCCNC(=O)[N-]S(=O)(=O)/C=C/c1c(C)nn(C)c1Sc1ncc(C(F)(F)F)cc1Cl.[K+]. The van der Waals surface area contributed by atoms with Crippen LogP contribution in [0.1, 0.15) is 36.6 Å². The van der Waals surface area contributed by atoms with E-state index in [1.807, 2.05) is 6.92 Å². The molecule has 0 atom stereocenters. The van der Waals surface area contributed by atoms with Crippen LogP contribution in [0.15, 0.2) is 27.7 Å². The first-order valence-corrected chi connectivity index (χ1v) is 11.9. The molecule has 0 radical (unpaired) electrons. The molecule has 33 heavy (non-hydrogen) atoms. The second-order valence-electron chi connectivity index (χ2n) is 6.53. The van der Waals surface area contributed by atoms with Crippen molar-refractivity contribution in [3.63, 3.8) is 0 Å². The Morgan fingerprint density at radius 1 is 1.39 bits per heavy atom. The molecule has 0 aromatic carbocycles. The fraction of sp³-hybridized carbons (Fsp3) is 0.389. The number of nitrogens with one attached hydrogen (secondary N) is 1. The van der Waals surface area contributed by atoms with Crippen LogP contribution >= 0.6 is 23.4 Å². The van der Waals surface area contributed by atoms with E-state index >= 15 is 0 Å². The van der Waals surface area contributed by atoms with E-state index in [1.54, 1.807) is 14.0 Å². The van der Waals surface area contributed by atoms with Crippen LogP contribution < -0.4 is 56.7 Å². The molecule has 2 aromatic rings. The number of rotatable bonds is 8. The minimum atomic E-state index is -4.59. The van der Waals surface area contributed by atoms with Crippen LogP contribution in [0.2, 0.25) is 5.02 Å². The second kappa shape index (κ2) is 12.9. The third-order valence-corrected chi connectivity index (χ3v) is 6.46. The van der Waals surface area contributed by atoms with E-state index in [9.17, 15) is 26.4 Å². The summed E-state index contributed by atoms with van der Waals surface area (Å²) in [5.41, 5.74) is -0.185. The molecule has 176 valence electrons. The van der Waals surface area contributed by atoms with Gasteiger partial charge in [0.05, 0.1) is 16.3 Å². The van der Waals surface area contributed by atoms with Gasteiger partial charge >= 0.3 is 57.6 Å². The van der Waals surface area contributed by atoms with Crippen molar-refractivity contribution in [2.24, 2.45) is 7.05 Å². The monoisotopic (exact) mass is 549 g/mol. The van der Waals surface area contributed by atoms with E-state index in [2.05, 4.69) is 20.1 Å². The zero-order valence-electron chi connectivity index (χ0n) is 18.3. The molecular formula is C18H20ClF3KN5O3S2. The van der Waals surface area contributed by atoms with Gasteiger partial charge < -0.3 is 10.0 Å². The first kappa shape index (κ1) is 30.4. The number of pyridine rings is 1. The van der Waals surface area contributed by atoms with Crippen LogP contribution in [0.4, 0.5) is 18.0 Å². The zero-order valence-corrected chi connectivity index (χ0v) is 23.8. The number of amides is 2. The molecule has 0 spiro atoms. The number of hydrogen-bond acceptors (Lipinski definition) is 6. The van der Waals surface area contributed by atoms with Gasteiger partial charge in [0.15, 0.2) is 16.1 Å². The first-order chi connectivity index (χ1) is 14.8. The van der Waals surface area contributed by atoms with Crippen LogP contribution in [0.5, 0.6) is 0 Å². The number of hydrogen-bond donors (Lipinski definition) is 1. The summed E-state index contributed by atoms with van der Waals surface area (Å²) in [4.78, 5) is 15.4. The zero-order chi connectivity index (χ0) is 24.1. The van der Waals surface area contributed by atoms with Gasteiger partial charge in [-0.15, -0.1) is 0 Å². The van der Waals surface area contributed by atoms with Gasteiger partial charge in [-0.2, -0.15) is 18.3 Å². The number of aryl methyl sites for hydroxylation is 2. The van der Waals surface area contributed by atoms with Crippen LogP contribution in [-0.2, 0) is 23.2 Å². The summed E-state index contributed by atoms with van der Waals surface area (Å²) in [6.45, 7) is 3.84. The first-order valence-electron chi connectivity index (χ1n) is 9.22. The maximum absolute atomic E-state index is 12.8. The van der Waals surface area contributed by atoms with Gasteiger partial charge in [0.1, 0.15) is 10.1 Å². The van der Waals surface area contributed by atoms with Crippen LogP contribution in [0, 0.1) is 6.92 Å². The minimum absolute atomic E-state index is 0. The summed E-state index contributed by atoms with van der Waals surface area (Å²) in [5.74, 6) is 0. The number of carbonyl (C=O) groups excluding carboxylic acids is 1. The Hall–Kier alpha value is -0.614. The van der Waals surface area contributed by atoms with Crippen molar-refractivity contribution in [3.8, 4) is 0 Å². The average molecular weight is 550 g/mol. The largest absolute Gasteiger partial charge is 1.00 e. The fourth-order valence-electron chi connectivity index (χ4n) is 2.42. The molecule has 0 aliphatic carbocycles. The Kier molecular flexibility index (Phi) is 11.9. The molecule has 1 N–H and O–H groups in total.